The first-order valence-electron chi connectivity index (χ1n) is 15.7. The van der Waals surface area contributed by atoms with Crippen LogP contribution in [0.5, 0.6) is 0 Å². The Bertz CT molecular complexity index is 2190. The van der Waals surface area contributed by atoms with E-state index in [1.165, 1.54) is 33.0 Å². The maximum absolute atomic E-state index is 5.17. The molecule has 46 heavy (non-hydrogen) atoms. The third kappa shape index (κ3) is 5.55. The Morgan fingerprint density at radius 2 is 1.26 bits per heavy atom. The van der Waals surface area contributed by atoms with Crippen molar-refractivity contribution in [2.45, 2.75) is 12.3 Å². The summed E-state index contributed by atoms with van der Waals surface area (Å²) in [6, 6.07) is 49.0. The standard InChI is InChI=1S/C43H31N3/c1-2-8-30(9-3-1)31-15-21-35(22-16-31)41-28-42(36-23-17-32(18-24-36)38-12-7-27-44-29-38)46-43(45-41)37-25-19-34(20-26-37)40-14-6-11-33-10-4-5-13-39(33)40/h1-21,23-29,35H,22H2. The minimum Gasteiger partial charge on any atom is -0.264 e. The van der Waals surface area contributed by atoms with Gasteiger partial charge in [-0.2, -0.15) is 0 Å². The highest BCUT2D eigenvalue weighted by Crippen LogP contribution is 2.34. The molecule has 0 radical (unpaired) electrons. The fourth-order valence-electron chi connectivity index (χ4n) is 6.26. The molecule has 5 aromatic carbocycles. The van der Waals surface area contributed by atoms with Gasteiger partial charge in [-0.25, -0.2) is 9.97 Å². The van der Waals surface area contributed by atoms with Gasteiger partial charge >= 0.3 is 0 Å². The molecule has 1 aliphatic carbocycles. The molecule has 0 aliphatic heterocycles. The number of pyridine rings is 1. The van der Waals surface area contributed by atoms with Crippen molar-refractivity contribution in [2.75, 3.05) is 0 Å². The van der Waals surface area contributed by atoms with Gasteiger partial charge in [0, 0.05) is 29.4 Å². The molecule has 0 saturated heterocycles. The highest BCUT2D eigenvalue weighted by atomic mass is 14.9. The first kappa shape index (κ1) is 27.6. The highest BCUT2D eigenvalue weighted by molar-refractivity contribution is 5.96. The SMILES string of the molecule is C1=CC(c2cc(-c3ccc(-c4cccnc4)cc3)nc(-c3ccc(-c4cccc5ccccc45)cc3)n2)CC=C1c1ccccc1. The third-order valence-corrected chi connectivity index (χ3v) is 8.75. The molecule has 0 bridgehead atoms. The molecule has 3 heteroatoms. The second kappa shape index (κ2) is 12.2. The normalized spacial score (nSPS) is 14.3. The third-order valence-electron chi connectivity index (χ3n) is 8.75. The van der Waals surface area contributed by atoms with E-state index < -0.39 is 0 Å². The van der Waals surface area contributed by atoms with Gasteiger partial charge in [0.1, 0.15) is 0 Å². The van der Waals surface area contributed by atoms with Crippen molar-refractivity contribution in [1.29, 1.82) is 0 Å². The van der Waals surface area contributed by atoms with Gasteiger partial charge in [0.15, 0.2) is 5.82 Å². The lowest BCUT2D eigenvalue weighted by molar-refractivity contribution is 0.813. The summed E-state index contributed by atoms with van der Waals surface area (Å²) in [6.45, 7) is 0. The molecular weight excluding hydrogens is 558 g/mol. The van der Waals surface area contributed by atoms with Crippen LogP contribution in [0, 0.1) is 0 Å². The number of rotatable bonds is 6. The monoisotopic (exact) mass is 589 g/mol. The van der Waals surface area contributed by atoms with Gasteiger partial charge in [0.05, 0.1) is 11.4 Å². The zero-order chi connectivity index (χ0) is 30.7. The second-order valence-corrected chi connectivity index (χ2v) is 11.7. The van der Waals surface area contributed by atoms with Crippen molar-refractivity contribution in [1.82, 2.24) is 15.0 Å². The summed E-state index contributed by atoms with van der Waals surface area (Å²) in [7, 11) is 0. The molecule has 2 heterocycles. The van der Waals surface area contributed by atoms with Crippen LogP contribution in [0.4, 0.5) is 0 Å². The smallest absolute Gasteiger partial charge is 0.160 e. The van der Waals surface area contributed by atoms with Gasteiger partial charge in [-0.1, -0.05) is 146 Å². The summed E-state index contributed by atoms with van der Waals surface area (Å²) < 4.78 is 0. The molecule has 1 unspecified atom stereocenters. The molecule has 8 rings (SSSR count). The molecule has 2 aromatic heterocycles. The van der Waals surface area contributed by atoms with E-state index in [-0.39, 0.29) is 5.92 Å². The van der Waals surface area contributed by atoms with Gasteiger partial charge < -0.3 is 0 Å². The average molecular weight is 590 g/mol. The molecule has 7 aromatic rings. The van der Waals surface area contributed by atoms with Crippen LogP contribution >= 0.6 is 0 Å². The maximum Gasteiger partial charge on any atom is 0.160 e. The summed E-state index contributed by atoms with van der Waals surface area (Å²) >= 11 is 0. The Hall–Kier alpha value is -5.93. The molecule has 0 N–H and O–H groups in total. The van der Waals surface area contributed by atoms with E-state index in [0.29, 0.717) is 0 Å². The highest BCUT2D eigenvalue weighted by Gasteiger charge is 2.18. The van der Waals surface area contributed by atoms with E-state index in [0.717, 1.165) is 45.9 Å². The topological polar surface area (TPSA) is 38.7 Å². The fraction of sp³-hybridized carbons (Fsp3) is 0.0465. The van der Waals surface area contributed by atoms with E-state index in [1.54, 1.807) is 6.20 Å². The molecule has 1 aliphatic rings. The van der Waals surface area contributed by atoms with Crippen LogP contribution in [0.1, 0.15) is 23.6 Å². The van der Waals surface area contributed by atoms with Crippen LogP contribution in [0.25, 0.3) is 61.2 Å². The molecule has 0 spiro atoms. The van der Waals surface area contributed by atoms with Crippen molar-refractivity contribution in [3.8, 4) is 44.9 Å². The van der Waals surface area contributed by atoms with Gasteiger partial charge in [-0.15, -0.1) is 0 Å². The van der Waals surface area contributed by atoms with Gasteiger partial charge in [0.25, 0.3) is 0 Å². The van der Waals surface area contributed by atoms with E-state index in [4.69, 9.17) is 9.97 Å². The van der Waals surface area contributed by atoms with E-state index in [2.05, 4.69) is 157 Å². The Morgan fingerprint density at radius 1 is 0.543 bits per heavy atom. The Kier molecular flexibility index (Phi) is 7.33. The van der Waals surface area contributed by atoms with Crippen LogP contribution in [0.3, 0.4) is 0 Å². The molecular formula is C43H31N3. The predicted molar refractivity (Wildman–Crippen MR) is 190 cm³/mol. The number of fused-ring (bicyclic) bond motifs is 1. The first-order chi connectivity index (χ1) is 22.8. The Balaban J connectivity index is 1.16. The summed E-state index contributed by atoms with van der Waals surface area (Å²) in [6.07, 6.45) is 11.4. The average Bonchev–Trinajstić information content (AvgIpc) is 3.15. The van der Waals surface area contributed by atoms with Gasteiger partial charge in [-0.3, -0.25) is 4.98 Å². The predicted octanol–water partition coefficient (Wildman–Crippen LogP) is 10.8. The van der Waals surface area contributed by atoms with Crippen LogP contribution in [-0.4, -0.2) is 15.0 Å². The zero-order valence-corrected chi connectivity index (χ0v) is 25.3. The lowest BCUT2D eigenvalue weighted by Crippen LogP contribution is -2.05. The molecule has 3 nitrogen and oxygen atoms in total. The molecule has 1 atom stereocenters. The number of hydrogen-bond acceptors (Lipinski definition) is 3. The van der Waals surface area contributed by atoms with Crippen LogP contribution in [0.15, 0.2) is 170 Å². The van der Waals surface area contributed by atoms with Crippen molar-refractivity contribution in [3.05, 3.63) is 181 Å². The lowest BCUT2D eigenvalue weighted by atomic mass is 9.90. The fourth-order valence-corrected chi connectivity index (χ4v) is 6.26. The Morgan fingerprint density at radius 3 is 2.04 bits per heavy atom. The minimum atomic E-state index is 0.164. The molecule has 0 fully saturated rings. The van der Waals surface area contributed by atoms with Crippen LogP contribution < -0.4 is 0 Å². The summed E-state index contributed by atoms with van der Waals surface area (Å²) in [4.78, 5) is 14.6. The molecule has 0 amide bonds. The number of nitrogens with zero attached hydrogens (tertiary/aromatic N) is 3. The number of aromatic nitrogens is 3. The van der Waals surface area contributed by atoms with Gasteiger partial charge in [-0.05, 0) is 62.7 Å². The first-order valence-corrected chi connectivity index (χ1v) is 15.7. The largest absolute Gasteiger partial charge is 0.264 e. The summed E-state index contributed by atoms with van der Waals surface area (Å²) in [5.74, 6) is 0.900. The number of hydrogen-bond donors (Lipinski definition) is 0. The van der Waals surface area contributed by atoms with Gasteiger partial charge in [0.2, 0.25) is 0 Å². The quantitative estimate of drug-likeness (QED) is 0.194. The minimum absolute atomic E-state index is 0.164. The van der Waals surface area contributed by atoms with Crippen molar-refractivity contribution in [2.24, 2.45) is 0 Å². The number of benzene rings is 5. The van der Waals surface area contributed by atoms with E-state index in [9.17, 15) is 0 Å². The van der Waals surface area contributed by atoms with E-state index >= 15 is 0 Å². The second-order valence-electron chi connectivity index (χ2n) is 11.7. The maximum atomic E-state index is 5.17. The molecule has 0 saturated carbocycles. The zero-order valence-electron chi connectivity index (χ0n) is 25.3. The van der Waals surface area contributed by atoms with Crippen molar-refractivity contribution in [3.63, 3.8) is 0 Å². The van der Waals surface area contributed by atoms with Crippen LogP contribution in [-0.2, 0) is 0 Å². The lowest BCUT2D eigenvalue weighted by Gasteiger charge is -2.18. The van der Waals surface area contributed by atoms with Crippen molar-refractivity contribution < 1.29 is 0 Å². The summed E-state index contributed by atoms with van der Waals surface area (Å²) in [5.41, 5.74) is 11.1. The van der Waals surface area contributed by atoms with E-state index in [1.807, 2.05) is 12.3 Å². The Labute approximate surface area is 269 Å². The molecule has 218 valence electrons. The van der Waals surface area contributed by atoms with Crippen LogP contribution in [0.2, 0.25) is 0 Å². The summed E-state index contributed by atoms with van der Waals surface area (Å²) in [5, 5.41) is 2.49. The number of allylic oxidation sites excluding steroid dienone is 4. The van der Waals surface area contributed by atoms with Crippen molar-refractivity contribution >= 4 is 16.3 Å².